The van der Waals surface area contributed by atoms with Crippen LogP contribution in [0.3, 0.4) is 0 Å². The molecule has 2 amide bonds. The number of hydrogen-bond donors (Lipinski definition) is 2. The molecule has 0 atom stereocenters. The topological polar surface area (TPSA) is 105 Å². The highest BCUT2D eigenvalue weighted by Crippen LogP contribution is 2.22. The fourth-order valence-corrected chi connectivity index (χ4v) is 3.76. The zero-order valence-corrected chi connectivity index (χ0v) is 18.2. The van der Waals surface area contributed by atoms with E-state index in [0.717, 1.165) is 16.1 Å². The fourth-order valence-electron chi connectivity index (χ4n) is 2.85. The number of ether oxygens (including phenoxy) is 1. The maximum Gasteiger partial charge on any atom is 0.253 e. The van der Waals surface area contributed by atoms with Crippen LogP contribution in [-0.4, -0.2) is 53.3 Å². The first-order valence-corrected chi connectivity index (χ1v) is 11.3. The number of carbonyl (C=O) groups is 2. The summed E-state index contributed by atoms with van der Waals surface area (Å²) in [6.07, 6.45) is 1.71. The quantitative estimate of drug-likeness (QED) is 0.559. The minimum atomic E-state index is -3.69. The Labute approximate surface area is 177 Å². The van der Waals surface area contributed by atoms with Crippen molar-refractivity contribution < 1.29 is 22.7 Å². The second-order valence-corrected chi connectivity index (χ2v) is 8.66. The van der Waals surface area contributed by atoms with Crippen LogP contribution >= 0.6 is 0 Å². The number of para-hydroxylation sites is 2. The molecule has 0 heterocycles. The van der Waals surface area contributed by atoms with Gasteiger partial charge in [0.05, 0.1) is 23.2 Å². The van der Waals surface area contributed by atoms with Gasteiger partial charge < -0.3 is 15.4 Å². The third-order valence-electron chi connectivity index (χ3n) is 4.33. The van der Waals surface area contributed by atoms with Crippen LogP contribution in [0.4, 0.5) is 11.4 Å². The molecule has 8 nitrogen and oxygen atoms in total. The Balaban J connectivity index is 2.15. The van der Waals surface area contributed by atoms with Gasteiger partial charge in [0.2, 0.25) is 15.9 Å². The molecule has 2 rings (SSSR count). The van der Waals surface area contributed by atoms with E-state index >= 15 is 0 Å². The molecule has 0 fully saturated rings. The van der Waals surface area contributed by atoms with Gasteiger partial charge in [-0.15, -0.1) is 0 Å². The van der Waals surface area contributed by atoms with Crippen LogP contribution in [0.15, 0.2) is 48.5 Å². The number of benzene rings is 2. The molecule has 0 bridgehead atoms. The molecule has 162 valence electrons. The van der Waals surface area contributed by atoms with Crippen molar-refractivity contribution in [3.8, 4) is 0 Å². The Morgan fingerprint density at radius 1 is 1.07 bits per heavy atom. The van der Waals surface area contributed by atoms with Gasteiger partial charge >= 0.3 is 0 Å². The van der Waals surface area contributed by atoms with Gasteiger partial charge in [-0.25, -0.2) is 8.42 Å². The number of sulfonamides is 1. The highest BCUT2D eigenvalue weighted by atomic mass is 32.2. The molecule has 0 saturated carbocycles. The number of carbonyl (C=O) groups excluding carboxylic acids is 2. The average molecular weight is 434 g/mol. The Bertz CT molecular complexity index is 992. The first-order chi connectivity index (χ1) is 14.2. The highest BCUT2D eigenvalue weighted by molar-refractivity contribution is 7.92. The smallest absolute Gasteiger partial charge is 0.253 e. The Morgan fingerprint density at radius 3 is 2.40 bits per heavy atom. The van der Waals surface area contributed by atoms with E-state index < -0.39 is 22.5 Å². The summed E-state index contributed by atoms with van der Waals surface area (Å²) >= 11 is 0. The maximum absolute atomic E-state index is 12.7. The molecular formula is C21H27N3O5S. The highest BCUT2D eigenvalue weighted by Gasteiger charge is 2.23. The zero-order chi connectivity index (χ0) is 22.1. The van der Waals surface area contributed by atoms with Crippen molar-refractivity contribution in [1.82, 2.24) is 5.32 Å². The second-order valence-electron chi connectivity index (χ2n) is 6.75. The first-order valence-electron chi connectivity index (χ1n) is 9.43. The third kappa shape index (κ3) is 6.57. The first kappa shape index (κ1) is 23.4. The lowest BCUT2D eigenvalue weighted by atomic mass is 10.1. The fraction of sp³-hybridized carbons (Fsp3) is 0.333. The number of methoxy groups -OCH3 is 1. The third-order valence-corrected chi connectivity index (χ3v) is 5.45. The van der Waals surface area contributed by atoms with E-state index in [1.54, 1.807) is 62.6 Å². The molecular weight excluding hydrogens is 406 g/mol. The van der Waals surface area contributed by atoms with Crippen molar-refractivity contribution in [1.29, 1.82) is 0 Å². The summed E-state index contributed by atoms with van der Waals surface area (Å²) in [6, 6.07) is 13.5. The lowest BCUT2D eigenvalue weighted by Crippen LogP contribution is -2.38. The Hall–Kier alpha value is -2.91. The van der Waals surface area contributed by atoms with Gasteiger partial charge in [-0.2, -0.15) is 0 Å². The van der Waals surface area contributed by atoms with E-state index in [0.29, 0.717) is 36.5 Å². The van der Waals surface area contributed by atoms with Gasteiger partial charge in [0.15, 0.2) is 0 Å². The predicted molar refractivity (Wildman–Crippen MR) is 117 cm³/mol. The van der Waals surface area contributed by atoms with Crippen LogP contribution in [0.5, 0.6) is 0 Å². The number of nitrogens with one attached hydrogen (secondary N) is 2. The SMILES string of the molecule is COCCCNC(=O)c1ccccc1NC(=O)CN(c1ccccc1C)S(C)(=O)=O. The molecule has 2 aromatic carbocycles. The van der Waals surface area contributed by atoms with Crippen LogP contribution in [0.25, 0.3) is 0 Å². The zero-order valence-electron chi connectivity index (χ0n) is 17.3. The molecule has 30 heavy (non-hydrogen) atoms. The van der Waals surface area contributed by atoms with Crippen molar-refractivity contribution in [3.63, 3.8) is 0 Å². The summed E-state index contributed by atoms with van der Waals surface area (Å²) in [7, 11) is -2.10. The molecule has 0 radical (unpaired) electrons. The van der Waals surface area contributed by atoms with E-state index in [4.69, 9.17) is 4.74 Å². The van der Waals surface area contributed by atoms with Crippen LogP contribution in [-0.2, 0) is 19.6 Å². The summed E-state index contributed by atoms with van der Waals surface area (Å²) in [6.45, 7) is 2.32. The Kier molecular flexibility index (Phi) is 8.37. The van der Waals surface area contributed by atoms with E-state index in [9.17, 15) is 18.0 Å². The normalized spacial score (nSPS) is 11.0. The molecule has 2 aromatic rings. The number of nitrogens with zero attached hydrogens (tertiary/aromatic N) is 1. The number of aryl methyl sites for hydroxylation is 1. The molecule has 0 spiro atoms. The summed E-state index contributed by atoms with van der Waals surface area (Å²) in [5.41, 5.74) is 1.76. The maximum atomic E-state index is 12.7. The van der Waals surface area contributed by atoms with Gasteiger partial charge in [-0.3, -0.25) is 13.9 Å². The largest absolute Gasteiger partial charge is 0.385 e. The van der Waals surface area contributed by atoms with Crippen molar-refractivity contribution >= 4 is 33.2 Å². The van der Waals surface area contributed by atoms with Crippen LogP contribution in [0.1, 0.15) is 22.3 Å². The van der Waals surface area contributed by atoms with Crippen molar-refractivity contribution in [2.45, 2.75) is 13.3 Å². The van der Waals surface area contributed by atoms with Gasteiger partial charge in [0, 0.05) is 20.3 Å². The van der Waals surface area contributed by atoms with Crippen molar-refractivity contribution in [2.24, 2.45) is 0 Å². The summed E-state index contributed by atoms with van der Waals surface area (Å²) in [4.78, 5) is 25.1. The molecule has 2 N–H and O–H groups in total. The standard InChI is InChI=1S/C21H27N3O5S/c1-16-9-4-7-12-19(16)24(30(3,27)28)15-20(25)23-18-11-6-5-10-17(18)21(26)22-13-8-14-29-2/h4-7,9-12H,8,13-15H2,1-3H3,(H,22,26)(H,23,25). The minimum absolute atomic E-state index is 0.296. The molecule has 0 saturated heterocycles. The lowest BCUT2D eigenvalue weighted by Gasteiger charge is -2.23. The minimum Gasteiger partial charge on any atom is -0.385 e. The average Bonchev–Trinajstić information content (AvgIpc) is 2.69. The van der Waals surface area contributed by atoms with Gasteiger partial charge in [0.1, 0.15) is 6.54 Å². The molecule has 9 heteroatoms. The van der Waals surface area contributed by atoms with E-state index in [1.807, 2.05) is 0 Å². The van der Waals surface area contributed by atoms with Crippen LogP contribution < -0.4 is 14.9 Å². The van der Waals surface area contributed by atoms with Crippen LogP contribution in [0, 0.1) is 6.92 Å². The summed E-state index contributed by atoms with van der Waals surface area (Å²) in [5.74, 6) is -0.885. The molecule has 0 aliphatic carbocycles. The van der Waals surface area contributed by atoms with E-state index in [1.165, 1.54) is 0 Å². The number of rotatable bonds is 10. The van der Waals surface area contributed by atoms with E-state index in [-0.39, 0.29) is 5.91 Å². The van der Waals surface area contributed by atoms with Crippen LogP contribution in [0.2, 0.25) is 0 Å². The predicted octanol–water partition coefficient (Wildman–Crippen LogP) is 2.17. The van der Waals surface area contributed by atoms with Gasteiger partial charge in [0.25, 0.3) is 5.91 Å². The summed E-state index contributed by atoms with van der Waals surface area (Å²) < 4.78 is 30.6. The number of anilines is 2. The summed E-state index contributed by atoms with van der Waals surface area (Å²) in [5, 5.41) is 5.42. The van der Waals surface area contributed by atoms with Crippen molar-refractivity contribution in [3.05, 3.63) is 59.7 Å². The molecule has 0 unspecified atom stereocenters. The molecule has 0 aromatic heterocycles. The van der Waals surface area contributed by atoms with Gasteiger partial charge in [-0.1, -0.05) is 30.3 Å². The monoisotopic (exact) mass is 433 g/mol. The van der Waals surface area contributed by atoms with E-state index in [2.05, 4.69) is 10.6 Å². The molecule has 0 aliphatic rings. The second kappa shape index (κ2) is 10.7. The number of hydrogen-bond acceptors (Lipinski definition) is 5. The lowest BCUT2D eigenvalue weighted by molar-refractivity contribution is -0.114. The Morgan fingerprint density at radius 2 is 1.73 bits per heavy atom. The number of amides is 2. The molecule has 0 aliphatic heterocycles. The van der Waals surface area contributed by atoms with Gasteiger partial charge in [-0.05, 0) is 37.1 Å². The van der Waals surface area contributed by atoms with Crippen molar-refractivity contribution in [2.75, 3.05) is 42.7 Å².